The van der Waals surface area contributed by atoms with Crippen LogP contribution in [-0.4, -0.2) is 52.2 Å². The molecule has 0 atom stereocenters. The molecular weight excluding hydrogens is 412 g/mol. The zero-order chi connectivity index (χ0) is 22.1. The third-order valence-corrected chi connectivity index (χ3v) is 5.42. The van der Waals surface area contributed by atoms with Crippen LogP contribution in [0.1, 0.15) is 36.9 Å². The van der Waals surface area contributed by atoms with Crippen LogP contribution in [0, 0.1) is 0 Å². The minimum Gasteiger partial charge on any atom is -0.454 e. The number of fused-ring (bicyclic) bond motifs is 2. The minimum absolute atomic E-state index is 0.0142. The van der Waals surface area contributed by atoms with E-state index in [4.69, 9.17) is 9.47 Å². The Bertz CT molecular complexity index is 1200. The van der Waals surface area contributed by atoms with Gasteiger partial charge in [-0.05, 0) is 17.7 Å². The molecule has 0 radical (unpaired) electrons. The predicted octanol–water partition coefficient (Wildman–Crippen LogP) is 1.88. The van der Waals surface area contributed by atoms with Gasteiger partial charge in [-0.2, -0.15) is 5.10 Å². The van der Waals surface area contributed by atoms with Crippen molar-refractivity contribution < 1.29 is 23.9 Å². The highest BCUT2D eigenvalue weighted by atomic mass is 16.7. The summed E-state index contributed by atoms with van der Waals surface area (Å²) < 4.78 is 12.1. The van der Waals surface area contributed by atoms with Gasteiger partial charge in [0.25, 0.3) is 11.8 Å². The van der Waals surface area contributed by atoms with Gasteiger partial charge < -0.3 is 19.7 Å². The number of hydrogen-bond acceptors (Lipinski definition) is 6. The average Bonchev–Trinajstić information content (AvgIpc) is 3.47. The molecule has 32 heavy (non-hydrogen) atoms. The van der Waals surface area contributed by atoms with E-state index in [2.05, 4.69) is 10.4 Å². The molecule has 9 nitrogen and oxygen atoms in total. The van der Waals surface area contributed by atoms with E-state index in [-0.39, 0.29) is 43.2 Å². The van der Waals surface area contributed by atoms with E-state index in [1.54, 1.807) is 30.3 Å². The predicted molar refractivity (Wildman–Crippen MR) is 113 cm³/mol. The number of benzene rings is 2. The van der Waals surface area contributed by atoms with Crippen molar-refractivity contribution in [2.24, 2.45) is 0 Å². The van der Waals surface area contributed by atoms with Crippen LogP contribution in [0.25, 0.3) is 0 Å². The number of nitrogens with one attached hydrogen (secondary N) is 1. The Morgan fingerprint density at radius 1 is 1.00 bits per heavy atom. The first-order valence-electron chi connectivity index (χ1n) is 10.2. The number of hydrogen-bond donors (Lipinski definition) is 1. The Hall–Kier alpha value is -4.14. The van der Waals surface area contributed by atoms with Crippen molar-refractivity contribution in [2.45, 2.75) is 13.1 Å². The van der Waals surface area contributed by atoms with Crippen molar-refractivity contribution >= 4 is 17.6 Å². The molecule has 162 valence electrons. The van der Waals surface area contributed by atoms with Gasteiger partial charge in [0.2, 0.25) is 6.79 Å². The largest absolute Gasteiger partial charge is 0.454 e. The van der Waals surface area contributed by atoms with Crippen LogP contribution < -0.4 is 14.8 Å². The van der Waals surface area contributed by atoms with E-state index in [1.807, 2.05) is 18.2 Å². The SMILES string of the molecule is O=C(CN1CCn2nc(C(=O)NCc3ccc4c(c3)OCO4)cc2C1=O)c1ccccc1. The molecule has 0 saturated heterocycles. The van der Waals surface area contributed by atoms with Crippen LogP contribution in [0.15, 0.2) is 54.6 Å². The second-order valence-corrected chi connectivity index (χ2v) is 7.52. The highest BCUT2D eigenvalue weighted by Crippen LogP contribution is 2.32. The quantitative estimate of drug-likeness (QED) is 0.597. The summed E-state index contributed by atoms with van der Waals surface area (Å²) in [7, 11) is 0. The van der Waals surface area contributed by atoms with E-state index >= 15 is 0 Å². The lowest BCUT2D eigenvalue weighted by atomic mass is 10.1. The lowest BCUT2D eigenvalue weighted by molar-refractivity contribution is 0.0658. The van der Waals surface area contributed by atoms with Crippen LogP contribution >= 0.6 is 0 Å². The van der Waals surface area contributed by atoms with Gasteiger partial charge in [-0.25, -0.2) is 0 Å². The van der Waals surface area contributed by atoms with Crippen LogP contribution in [0.2, 0.25) is 0 Å². The normalized spacial score (nSPS) is 14.2. The van der Waals surface area contributed by atoms with Gasteiger partial charge in [0.15, 0.2) is 23.0 Å². The summed E-state index contributed by atoms with van der Waals surface area (Å²) in [6, 6.07) is 15.8. The van der Waals surface area contributed by atoms with Crippen molar-refractivity contribution in [1.29, 1.82) is 0 Å². The number of carbonyl (C=O) groups is 3. The lowest BCUT2D eigenvalue weighted by Crippen LogP contribution is -2.43. The molecule has 0 spiro atoms. The van der Waals surface area contributed by atoms with Gasteiger partial charge in [-0.1, -0.05) is 36.4 Å². The molecule has 1 aromatic heterocycles. The van der Waals surface area contributed by atoms with Gasteiger partial charge >= 0.3 is 0 Å². The number of carbonyl (C=O) groups excluding carboxylic acids is 3. The number of rotatable bonds is 6. The van der Waals surface area contributed by atoms with Crippen LogP contribution in [-0.2, 0) is 13.1 Å². The molecule has 0 unspecified atom stereocenters. The first-order chi connectivity index (χ1) is 15.6. The maximum Gasteiger partial charge on any atom is 0.272 e. The van der Waals surface area contributed by atoms with Crippen molar-refractivity contribution in [3.05, 3.63) is 77.1 Å². The van der Waals surface area contributed by atoms with Gasteiger partial charge in [-0.3, -0.25) is 19.1 Å². The summed E-state index contributed by atoms with van der Waals surface area (Å²) >= 11 is 0. The Balaban J connectivity index is 1.23. The first-order valence-corrected chi connectivity index (χ1v) is 10.2. The highest BCUT2D eigenvalue weighted by Gasteiger charge is 2.29. The summed E-state index contributed by atoms with van der Waals surface area (Å²) in [5.74, 6) is 0.487. The lowest BCUT2D eigenvalue weighted by Gasteiger charge is -2.26. The molecule has 0 aliphatic carbocycles. The van der Waals surface area contributed by atoms with Crippen molar-refractivity contribution in [3.63, 3.8) is 0 Å². The third kappa shape index (κ3) is 3.80. The van der Waals surface area contributed by atoms with Crippen molar-refractivity contribution in [3.8, 4) is 11.5 Å². The van der Waals surface area contributed by atoms with Gasteiger partial charge in [0.1, 0.15) is 5.69 Å². The monoisotopic (exact) mass is 432 g/mol. The maximum absolute atomic E-state index is 12.9. The molecule has 0 fully saturated rings. The Kier molecular flexibility index (Phi) is 5.06. The fourth-order valence-electron chi connectivity index (χ4n) is 3.71. The summed E-state index contributed by atoms with van der Waals surface area (Å²) in [5, 5.41) is 7.08. The van der Waals surface area contributed by atoms with E-state index < -0.39 is 0 Å². The summed E-state index contributed by atoms with van der Waals surface area (Å²) in [5.41, 5.74) is 1.87. The van der Waals surface area contributed by atoms with Crippen LogP contribution in [0.4, 0.5) is 0 Å². The van der Waals surface area contributed by atoms with Crippen molar-refractivity contribution in [2.75, 3.05) is 19.9 Å². The number of ether oxygens (including phenoxy) is 2. The Morgan fingerprint density at radius 3 is 2.66 bits per heavy atom. The van der Waals surface area contributed by atoms with E-state index in [1.165, 1.54) is 15.6 Å². The number of nitrogens with zero attached hydrogens (tertiary/aromatic N) is 3. The molecule has 2 aliphatic rings. The van der Waals surface area contributed by atoms with Crippen molar-refractivity contribution in [1.82, 2.24) is 20.0 Å². The molecule has 5 rings (SSSR count). The fraction of sp³-hybridized carbons (Fsp3) is 0.217. The number of aromatic nitrogens is 2. The molecule has 2 aliphatic heterocycles. The molecule has 0 bridgehead atoms. The second-order valence-electron chi connectivity index (χ2n) is 7.52. The molecule has 2 amide bonds. The molecule has 0 saturated carbocycles. The van der Waals surface area contributed by atoms with E-state index in [9.17, 15) is 14.4 Å². The number of Topliss-reactive ketones (excluding diaryl/α,β-unsaturated/α-hetero) is 1. The minimum atomic E-state index is -0.385. The topological polar surface area (TPSA) is 103 Å². The molecule has 1 N–H and O–H groups in total. The Labute approximate surface area is 183 Å². The molecule has 3 heterocycles. The molecule has 2 aromatic carbocycles. The summed E-state index contributed by atoms with van der Waals surface area (Å²) in [6.45, 7) is 1.22. The van der Waals surface area contributed by atoms with E-state index in [0.717, 1.165) is 5.56 Å². The van der Waals surface area contributed by atoms with Crippen LogP contribution in [0.3, 0.4) is 0 Å². The van der Waals surface area contributed by atoms with Crippen LogP contribution in [0.5, 0.6) is 11.5 Å². The summed E-state index contributed by atoms with van der Waals surface area (Å²) in [4.78, 5) is 39.4. The second kappa shape index (κ2) is 8.18. The zero-order valence-corrected chi connectivity index (χ0v) is 17.1. The highest BCUT2D eigenvalue weighted by molar-refractivity contribution is 6.03. The number of amides is 2. The van der Waals surface area contributed by atoms with Gasteiger partial charge in [0.05, 0.1) is 13.1 Å². The molecular formula is C23H20N4O5. The average molecular weight is 432 g/mol. The Morgan fingerprint density at radius 2 is 1.81 bits per heavy atom. The maximum atomic E-state index is 12.9. The number of ketones is 1. The fourth-order valence-corrected chi connectivity index (χ4v) is 3.71. The first kappa shape index (κ1) is 19.8. The van der Waals surface area contributed by atoms with Gasteiger partial charge in [0, 0.05) is 24.7 Å². The molecule has 9 heteroatoms. The van der Waals surface area contributed by atoms with Gasteiger partial charge in [-0.15, -0.1) is 0 Å². The zero-order valence-electron chi connectivity index (χ0n) is 17.1. The third-order valence-electron chi connectivity index (χ3n) is 5.42. The summed E-state index contributed by atoms with van der Waals surface area (Å²) in [6.07, 6.45) is 0. The standard InChI is InChI=1S/C23H20N4O5/c28-19(16-4-2-1-3-5-16)13-26-8-9-27-18(23(26)30)11-17(25-27)22(29)24-12-15-6-7-20-21(10-15)32-14-31-20/h1-7,10-11H,8-9,12-14H2,(H,24,29). The van der Waals surface area contributed by atoms with E-state index in [0.29, 0.717) is 35.8 Å². The molecule has 3 aromatic rings. The smallest absolute Gasteiger partial charge is 0.272 e.